The summed E-state index contributed by atoms with van der Waals surface area (Å²) in [6, 6.07) is 8.46. The molecule has 2 atom stereocenters. The molecule has 7 heteroatoms. The van der Waals surface area contributed by atoms with E-state index in [2.05, 4.69) is 32.9 Å². The van der Waals surface area contributed by atoms with E-state index in [1.165, 1.54) is 0 Å². The van der Waals surface area contributed by atoms with Crippen LogP contribution in [0.25, 0.3) is 16.5 Å². The Morgan fingerprint density at radius 3 is 3.08 bits per heavy atom. The first kappa shape index (κ1) is 16.7. The van der Waals surface area contributed by atoms with Gasteiger partial charge in [0.2, 0.25) is 0 Å². The van der Waals surface area contributed by atoms with Crippen molar-refractivity contribution in [2.45, 2.75) is 38.8 Å². The van der Waals surface area contributed by atoms with Crippen molar-refractivity contribution in [2.24, 2.45) is 0 Å². The minimum atomic E-state index is -0.158. The van der Waals surface area contributed by atoms with Gasteiger partial charge in [-0.05, 0) is 45.4 Å². The third-order valence-corrected chi connectivity index (χ3v) is 4.95. The Morgan fingerprint density at radius 2 is 2.23 bits per heavy atom. The lowest BCUT2D eigenvalue weighted by molar-refractivity contribution is 0.0920. The number of hydrogen-bond acceptors (Lipinski definition) is 5. The lowest BCUT2D eigenvalue weighted by atomic mass is 10.0. The number of nitrogens with one attached hydrogen (secondary N) is 2. The number of benzene rings is 1. The van der Waals surface area contributed by atoms with E-state index in [-0.39, 0.29) is 11.9 Å². The van der Waals surface area contributed by atoms with Crippen molar-refractivity contribution in [3.05, 3.63) is 48.0 Å². The van der Waals surface area contributed by atoms with E-state index in [0.717, 1.165) is 41.5 Å². The summed E-state index contributed by atoms with van der Waals surface area (Å²) < 4.78 is 1.72. The van der Waals surface area contributed by atoms with Crippen molar-refractivity contribution in [2.75, 3.05) is 6.54 Å². The molecule has 1 amide bonds. The van der Waals surface area contributed by atoms with Gasteiger partial charge >= 0.3 is 0 Å². The van der Waals surface area contributed by atoms with E-state index in [9.17, 15) is 4.79 Å². The highest BCUT2D eigenvalue weighted by molar-refractivity contribution is 5.94. The zero-order valence-electron chi connectivity index (χ0n) is 14.9. The predicted octanol–water partition coefficient (Wildman–Crippen LogP) is 1.99. The van der Waals surface area contributed by atoms with Crippen LogP contribution in [-0.2, 0) is 0 Å². The highest BCUT2D eigenvalue weighted by atomic mass is 16.2. The van der Waals surface area contributed by atoms with E-state index in [1.54, 1.807) is 10.9 Å². The number of piperidine rings is 1. The Hall–Kier alpha value is -2.80. The number of pyridine rings is 1. The summed E-state index contributed by atoms with van der Waals surface area (Å²) in [4.78, 5) is 16.9. The standard InChI is InChI=1S/C19H22N6O/c1-12-10-15(6-9-21-12)22-19(26)18-13(2)25(24-23-18)17-5-3-4-14-11-20-8-7-16(14)17/h3-5,7-8,11-12,15,21H,6,9-10H2,1-2H3,(H,22,26). The third-order valence-electron chi connectivity index (χ3n) is 4.95. The van der Waals surface area contributed by atoms with Gasteiger partial charge in [0.1, 0.15) is 0 Å². The topological polar surface area (TPSA) is 84.7 Å². The molecule has 1 fully saturated rings. The normalized spacial score (nSPS) is 20.2. The van der Waals surface area contributed by atoms with Crippen molar-refractivity contribution >= 4 is 16.7 Å². The molecule has 1 aliphatic heterocycles. The average Bonchev–Trinajstić information content (AvgIpc) is 3.02. The van der Waals surface area contributed by atoms with Crippen molar-refractivity contribution in [3.63, 3.8) is 0 Å². The van der Waals surface area contributed by atoms with Gasteiger partial charge in [0.05, 0.1) is 11.4 Å². The molecular weight excluding hydrogens is 328 g/mol. The molecule has 1 aromatic carbocycles. The molecule has 0 aliphatic carbocycles. The molecule has 0 spiro atoms. The Bertz CT molecular complexity index is 945. The molecule has 4 rings (SSSR count). The SMILES string of the molecule is Cc1c(C(=O)NC2CCNC(C)C2)nnn1-c1cccc2cnccc12. The summed E-state index contributed by atoms with van der Waals surface area (Å²) in [5.74, 6) is -0.158. The summed E-state index contributed by atoms with van der Waals surface area (Å²) in [7, 11) is 0. The Balaban J connectivity index is 1.63. The molecule has 3 aromatic rings. The van der Waals surface area contributed by atoms with Crippen molar-refractivity contribution < 1.29 is 4.79 Å². The van der Waals surface area contributed by atoms with Crippen molar-refractivity contribution in [1.82, 2.24) is 30.6 Å². The van der Waals surface area contributed by atoms with E-state index in [4.69, 9.17) is 0 Å². The monoisotopic (exact) mass is 350 g/mol. The zero-order chi connectivity index (χ0) is 18.1. The molecular formula is C19H22N6O. The third kappa shape index (κ3) is 3.06. The van der Waals surface area contributed by atoms with Crippen LogP contribution in [0.1, 0.15) is 35.9 Å². The smallest absolute Gasteiger partial charge is 0.273 e. The largest absolute Gasteiger partial charge is 0.348 e. The molecule has 1 aliphatic rings. The quantitative estimate of drug-likeness (QED) is 0.755. The number of carbonyl (C=O) groups is 1. The summed E-state index contributed by atoms with van der Waals surface area (Å²) in [6.07, 6.45) is 5.43. The fourth-order valence-electron chi connectivity index (χ4n) is 3.57. The van der Waals surface area contributed by atoms with Gasteiger partial charge in [-0.1, -0.05) is 17.3 Å². The molecule has 0 radical (unpaired) electrons. The van der Waals surface area contributed by atoms with Crippen molar-refractivity contribution in [1.29, 1.82) is 0 Å². The molecule has 1 saturated heterocycles. The van der Waals surface area contributed by atoms with E-state index in [1.807, 2.05) is 37.4 Å². The second-order valence-corrected chi connectivity index (χ2v) is 6.86. The predicted molar refractivity (Wildman–Crippen MR) is 99.3 cm³/mol. The van der Waals surface area contributed by atoms with E-state index < -0.39 is 0 Å². The van der Waals surface area contributed by atoms with E-state index >= 15 is 0 Å². The minimum Gasteiger partial charge on any atom is -0.348 e. The van der Waals surface area contributed by atoms with Gasteiger partial charge in [-0.2, -0.15) is 0 Å². The molecule has 0 bridgehead atoms. The maximum absolute atomic E-state index is 12.7. The maximum Gasteiger partial charge on any atom is 0.273 e. The van der Waals surface area contributed by atoms with Crippen LogP contribution < -0.4 is 10.6 Å². The highest BCUT2D eigenvalue weighted by Crippen LogP contribution is 2.22. The summed E-state index contributed by atoms with van der Waals surface area (Å²) in [6.45, 7) is 4.93. The van der Waals surface area contributed by atoms with Gasteiger partial charge in [-0.3, -0.25) is 9.78 Å². The number of nitrogens with zero attached hydrogens (tertiary/aromatic N) is 4. The number of fused-ring (bicyclic) bond motifs is 1. The van der Waals surface area contributed by atoms with Gasteiger partial charge in [-0.15, -0.1) is 5.10 Å². The van der Waals surface area contributed by atoms with Gasteiger partial charge in [-0.25, -0.2) is 4.68 Å². The van der Waals surface area contributed by atoms with E-state index in [0.29, 0.717) is 11.7 Å². The van der Waals surface area contributed by atoms with Gasteiger partial charge in [0, 0.05) is 35.2 Å². The summed E-state index contributed by atoms with van der Waals surface area (Å²) in [5, 5.41) is 16.9. The summed E-state index contributed by atoms with van der Waals surface area (Å²) in [5.41, 5.74) is 2.00. The minimum absolute atomic E-state index is 0.158. The van der Waals surface area contributed by atoms with Gasteiger partial charge < -0.3 is 10.6 Å². The van der Waals surface area contributed by atoms with Crippen LogP contribution in [-0.4, -0.2) is 44.5 Å². The number of amides is 1. The highest BCUT2D eigenvalue weighted by Gasteiger charge is 2.24. The number of carbonyl (C=O) groups excluding carboxylic acids is 1. The van der Waals surface area contributed by atoms with Crippen LogP contribution in [0.5, 0.6) is 0 Å². The molecule has 134 valence electrons. The maximum atomic E-state index is 12.7. The van der Waals surface area contributed by atoms with Gasteiger partial charge in [0.25, 0.3) is 5.91 Å². The Morgan fingerprint density at radius 1 is 1.35 bits per heavy atom. The molecule has 0 saturated carbocycles. The first-order valence-corrected chi connectivity index (χ1v) is 8.93. The lowest BCUT2D eigenvalue weighted by Gasteiger charge is -2.28. The van der Waals surface area contributed by atoms with Crippen LogP contribution in [0, 0.1) is 6.92 Å². The molecule has 26 heavy (non-hydrogen) atoms. The van der Waals surface area contributed by atoms with Crippen LogP contribution >= 0.6 is 0 Å². The molecule has 2 aromatic heterocycles. The first-order valence-electron chi connectivity index (χ1n) is 8.93. The zero-order valence-corrected chi connectivity index (χ0v) is 14.9. The number of hydrogen-bond donors (Lipinski definition) is 2. The lowest BCUT2D eigenvalue weighted by Crippen LogP contribution is -2.46. The van der Waals surface area contributed by atoms with Crippen LogP contribution in [0.2, 0.25) is 0 Å². The Labute approximate surface area is 151 Å². The van der Waals surface area contributed by atoms with Crippen molar-refractivity contribution in [3.8, 4) is 5.69 Å². The second kappa shape index (κ2) is 6.84. The average molecular weight is 350 g/mol. The van der Waals surface area contributed by atoms with Crippen LogP contribution in [0.4, 0.5) is 0 Å². The fraction of sp³-hybridized carbons (Fsp3) is 0.368. The number of aromatic nitrogens is 4. The molecule has 2 N–H and O–H groups in total. The fourth-order valence-corrected chi connectivity index (χ4v) is 3.57. The van der Waals surface area contributed by atoms with Crippen LogP contribution in [0.15, 0.2) is 36.7 Å². The Kier molecular flexibility index (Phi) is 4.38. The molecule has 2 unspecified atom stereocenters. The molecule has 7 nitrogen and oxygen atoms in total. The summed E-state index contributed by atoms with van der Waals surface area (Å²) >= 11 is 0. The number of rotatable bonds is 3. The van der Waals surface area contributed by atoms with Gasteiger partial charge in [0.15, 0.2) is 5.69 Å². The first-order chi connectivity index (χ1) is 12.6. The molecule has 3 heterocycles. The second-order valence-electron chi connectivity index (χ2n) is 6.86. The van der Waals surface area contributed by atoms with Crippen LogP contribution in [0.3, 0.4) is 0 Å².